The molecule has 3 heterocycles. The minimum Gasteiger partial charge on any atom is -0.458 e. The van der Waals surface area contributed by atoms with Crippen LogP contribution in [0, 0.1) is 11.5 Å². The molecule has 1 unspecified atom stereocenters. The average molecular weight is 230 g/mol. The molecule has 0 bridgehead atoms. The van der Waals surface area contributed by atoms with E-state index in [9.17, 15) is 4.79 Å². The van der Waals surface area contributed by atoms with Crippen molar-refractivity contribution in [1.82, 2.24) is 10.3 Å². The molecule has 3 rings (SSSR count). The molecule has 1 aromatic heterocycles. The first-order valence-electron chi connectivity index (χ1n) is 5.36. The van der Waals surface area contributed by atoms with Gasteiger partial charge in [-0.3, -0.25) is 4.79 Å². The van der Waals surface area contributed by atoms with E-state index in [-0.39, 0.29) is 5.91 Å². The zero-order chi connectivity index (χ0) is 11.9. The lowest BCUT2D eigenvalue weighted by molar-refractivity contribution is -0.133. The van der Waals surface area contributed by atoms with Gasteiger partial charge in [0.05, 0.1) is 0 Å². The van der Waals surface area contributed by atoms with Gasteiger partial charge in [0.1, 0.15) is 5.69 Å². The SMILES string of the molecule is N#CN1C(=O)C2(CCNC2)Oc2ncccc21. The van der Waals surface area contributed by atoms with Crippen molar-refractivity contribution in [2.75, 3.05) is 18.0 Å². The molecule has 1 aromatic rings. The highest BCUT2D eigenvalue weighted by atomic mass is 16.5. The van der Waals surface area contributed by atoms with E-state index in [1.54, 1.807) is 18.3 Å². The molecule has 17 heavy (non-hydrogen) atoms. The highest BCUT2D eigenvalue weighted by Gasteiger charge is 2.51. The molecular formula is C11H10N4O2. The van der Waals surface area contributed by atoms with Crippen molar-refractivity contribution in [3.63, 3.8) is 0 Å². The number of hydrogen-bond acceptors (Lipinski definition) is 5. The van der Waals surface area contributed by atoms with E-state index >= 15 is 0 Å². The number of carbonyl (C=O) groups excluding carboxylic acids is 1. The number of nitriles is 1. The summed E-state index contributed by atoms with van der Waals surface area (Å²) in [5.41, 5.74) is -0.547. The molecule has 1 amide bonds. The van der Waals surface area contributed by atoms with E-state index in [2.05, 4.69) is 10.3 Å². The van der Waals surface area contributed by atoms with Crippen LogP contribution in [0.4, 0.5) is 5.69 Å². The van der Waals surface area contributed by atoms with Crippen LogP contribution >= 0.6 is 0 Å². The van der Waals surface area contributed by atoms with Gasteiger partial charge in [-0.25, -0.2) is 9.88 Å². The molecule has 1 atom stereocenters. The van der Waals surface area contributed by atoms with E-state index in [0.29, 0.717) is 31.1 Å². The Hall–Kier alpha value is -2.13. The summed E-state index contributed by atoms with van der Waals surface area (Å²) in [7, 11) is 0. The Morgan fingerprint density at radius 3 is 3.24 bits per heavy atom. The Kier molecular flexibility index (Phi) is 2.03. The molecular weight excluding hydrogens is 220 g/mol. The second-order valence-corrected chi connectivity index (χ2v) is 4.09. The van der Waals surface area contributed by atoms with Crippen LogP contribution in [0.15, 0.2) is 18.3 Å². The maximum absolute atomic E-state index is 12.3. The smallest absolute Gasteiger partial charge is 0.286 e. The summed E-state index contributed by atoms with van der Waals surface area (Å²) in [4.78, 5) is 17.4. The van der Waals surface area contributed by atoms with Gasteiger partial charge in [-0.05, 0) is 18.7 Å². The lowest BCUT2D eigenvalue weighted by atomic mass is 9.99. The fourth-order valence-electron chi connectivity index (χ4n) is 2.21. The molecule has 6 nitrogen and oxygen atoms in total. The lowest BCUT2D eigenvalue weighted by Gasteiger charge is -2.35. The number of rotatable bonds is 0. The third-order valence-electron chi connectivity index (χ3n) is 3.09. The van der Waals surface area contributed by atoms with Crippen LogP contribution in [-0.4, -0.2) is 29.6 Å². The minimum absolute atomic E-state index is 0.314. The van der Waals surface area contributed by atoms with Crippen molar-refractivity contribution < 1.29 is 9.53 Å². The van der Waals surface area contributed by atoms with Crippen LogP contribution in [0.3, 0.4) is 0 Å². The molecule has 1 fully saturated rings. The second-order valence-electron chi connectivity index (χ2n) is 4.09. The number of ether oxygens (including phenoxy) is 1. The van der Waals surface area contributed by atoms with E-state index in [0.717, 1.165) is 4.90 Å². The zero-order valence-corrected chi connectivity index (χ0v) is 9.01. The fraction of sp³-hybridized carbons (Fsp3) is 0.364. The van der Waals surface area contributed by atoms with Crippen molar-refractivity contribution in [1.29, 1.82) is 5.26 Å². The molecule has 86 valence electrons. The minimum atomic E-state index is -0.961. The second kappa shape index (κ2) is 3.43. The van der Waals surface area contributed by atoms with Crippen LogP contribution in [-0.2, 0) is 4.79 Å². The normalized spacial score (nSPS) is 26.5. The third-order valence-corrected chi connectivity index (χ3v) is 3.09. The first kappa shape index (κ1) is 10.1. The van der Waals surface area contributed by atoms with E-state index < -0.39 is 5.60 Å². The summed E-state index contributed by atoms with van der Waals surface area (Å²) >= 11 is 0. The zero-order valence-electron chi connectivity index (χ0n) is 9.01. The summed E-state index contributed by atoms with van der Waals surface area (Å²) in [5, 5.41) is 12.2. The molecule has 1 N–H and O–H groups in total. The standard InChI is InChI=1S/C11H10N4O2/c12-7-15-8-2-1-4-14-9(8)17-11(10(15)16)3-5-13-6-11/h1-2,4,13H,3,5-6H2. The van der Waals surface area contributed by atoms with Gasteiger partial charge in [0.15, 0.2) is 6.19 Å². The van der Waals surface area contributed by atoms with Crippen LogP contribution in [0.1, 0.15) is 6.42 Å². The van der Waals surface area contributed by atoms with Gasteiger partial charge in [0.25, 0.3) is 5.91 Å². The molecule has 2 aliphatic rings. The predicted molar refractivity (Wildman–Crippen MR) is 58.2 cm³/mol. The molecule has 1 spiro atoms. The number of anilines is 1. The van der Waals surface area contributed by atoms with Crippen molar-refractivity contribution in [2.45, 2.75) is 12.0 Å². The summed E-state index contributed by atoms with van der Waals surface area (Å²) in [5.74, 6) is 0.0304. The van der Waals surface area contributed by atoms with Crippen molar-refractivity contribution in [3.8, 4) is 12.1 Å². The van der Waals surface area contributed by atoms with Gasteiger partial charge >= 0.3 is 0 Å². The maximum Gasteiger partial charge on any atom is 0.286 e. The summed E-state index contributed by atoms with van der Waals surface area (Å²) in [6.45, 7) is 1.12. The molecule has 0 saturated carbocycles. The average Bonchev–Trinajstić information content (AvgIpc) is 2.81. The van der Waals surface area contributed by atoms with E-state index in [4.69, 9.17) is 10.00 Å². The van der Waals surface area contributed by atoms with Gasteiger partial charge in [-0.1, -0.05) is 0 Å². The summed E-state index contributed by atoms with van der Waals surface area (Å²) in [6.07, 6.45) is 4.04. The number of nitrogens with zero attached hydrogens (tertiary/aromatic N) is 3. The lowest BCUT2D eigenvalue weighted by Crippen LogP contribution is -2.56. The van der Waals surface area contributed by atoms with Crippen molar-refractivity contribution in [2.24, 2.45) is 0 Å². The fourth-order valence-corrected chi connectivity index (χ4v) is 2.21. The molecule has 0 aliphatic carbocycles. The number of pyridine rings is 1. The van der Waals surface area contributed by atoms with Crippen LogP contribution < -0.4 is 15.0 Å². The monoisotopic (exact) mass is 230 g/mol. The molecule has 0 radical (unpaired) electrons. The number of fused-ring (bicyclic) bond motifs is 1. The Morgan fingerprint density at radius 2 is 2.53 bits per heavy atom. The van der Waals surface area contributed by atoms with Gasteiger partial charge in [-0.15, -0.1) is 0 Å². The van der Waals surface area contributed by atoms with Gasteiger partial charge in [-0.2, -0.15) is 5.26 Å². The van der Waals surface area contributed by atoms with E-state index in [1.165, 1.54) is 0 Å². The largest absolute Gasteiger partial charge is 0.458 e. The first-order valence-corrected chi connectivity index (χ1v) is 5.36. The number of nitrogens with one attached hydrogen (secondary N) is 1. The molecule has 1 saturated heterocycles. The summed E-state index contributed by atoms with van der Waals surface area (Å²) < 4.78 is 5.71. The van der Waals surface area contributed by atoms with Crippen LogP contribution in [0.2, 0.25) is 0 Å². The Bertz CT molecular complexity index is 516. The molecule has 0 aromatic carbocycles. The van der Waals surface area contributed by atoms with Gasteiger partial charge in [0.2, 0.25) is 11.5 Å². The highest BCUT2D eigenvalue weighted by molar-refractivity contribution is 6.05. The number of aromatic nitrogens is 1. The quantitative estimate of drug-likeness (QED) is 0.636. The molecule has 6 heteroatoms. The summed E-state index contributed by atoms with van der Waals surface area (Å²) in [6, 6.07) is 3.32. The van der Waals surface area contributed by atoms with Crippen molar-refractivity contribution in [3.05, 3.63) is 18.3 Å². The van der Waals surface area contributed by atoms with Gasteiger partial charge < -0.3 is 10.1 Å². The number of carbonyl (C=O) groups is 1. The topological polar surface area (TPSA) is 78.2 Å². The van der Waals surface area contributed by atoms with Crippen LogP contribution in [0.25, 0.3) is 0 Å². The highest BCUT2D eigenvalue weighted by Crippen LogP contribution is 2.37. The number of hydrogen-bond donors (Lipinski definition) is 1. The third kappa shape index (κ3) is 1.29. The first-order chi connectivity index (χ1) is 8.27. The Balaban J connectivity index is 2.12. The Morgan fingerprint density at radius 1 is 1.65 bits per heavy atom. The number of amides is 1. The van der Waals surface area contributed by atoms with Crippen molar-refractivity contribution >= 4 is 11.6 Å². The van der Waals surface area contributed by atoms with Gasteiger partial charge in [0, 0.05) is 19.2 Å². The maximum atomic E-state index is 12.3. The predicted octanol–water partition coefficient (Wildman–Crippen LogP) is 0.0202. The molecule has 2 aliphatic heterocycles. The van der Waals surface area contributed by atoms with E-state index in [1.807, 2.05) is 6.19 Å². The van der Waals surface area contributed by atoms with Crippen LogP contribution in [0.5, 0.6) is 5.88 Å². The Labute approximate surface area is 97.8 Å².